The van der Waals surface area contributed by atoms with Gasteiger partial charge in [-0.25, -0.2) is 0 Å². The van der Waals surface area contributed by atoms with E-state index in [1.165, 1.54) is 5.56 Å². The van der Waals surface area contributed by atoms with Crippen molar-refractivity contribution in [2.45, 2.75) is 25.8 Å². The second-order valence-corrected chi connectivity index (χ2v) is 4.86. The largest absolute Gasteiger partial charge is 0.496 e. The van der Waals surface area contributed by atoms with Crippen molar-refractivity contribution >= 4 is 0 Å². The molecule has 1 aromatic carbocycles. The van der Waals surface area contributed by atoms with E-state index in [2.05, 4.69) is 24.4 Å². The van der Waals surface area contributed by atoms with Gasteiger partial charge >= 0.3 is 0 Å². The normalized spacial score (nSPS) is 19.0. The monoisotopic (exact) mass is 234 g/mol. The Labute approximate surface area is 103 Å². The molecule has 1 aromatic rings. The molecule has 3 heteroatoms. The molecule has 94 valence electrons. The minimum Gasteiger partial charge on any atom is -0.496 e. The lowest BCUT2D eigenvalue weighted by molar-refractivity contribution is 0.313. The number of rotatable bonds is 3. The van der Waals surface area contributed by atoms with Gasteiger partial charge in [0.05, 0.1) is 7.11 Å². The standard InChI is InChI=1S/C14H22N2O/c1-10-3-4-13(17-2)12(9-10)14(15)11-5-7-16-8-6-11/h3-4,9,11,14,16H,5-8,15H2,1-2H3. The van der Waals surface area contributed by atoms with Crippen molar-refractivity contribution in [3.05, 3.63) is 29.3 Å². The van der Waals surface area contributed by atoms with Gasteiger partial charge in [-0.15, -0.1) is 0 Å². The molecular weight excluding hydrogens is 212 g/mol. The SMILES string of the molecule is COc1ccc(C)cc1C(N)C1CCNCC1. The Kier molecular flexibility index (Phi) is 4.02. The molecule has 0 saturated carbocycles. The van der Waals surface area contributed by atoms with Gasteiger partial charge in [-0.05, 0) is 44.8 Å². The Morgan fingerprint density at radius 2 is 2.06 bits per heavy atom. The molecule has 0 aliphatic carbocycles. The summed E-state index contributed by atoms with van der Waals surface area (Å²) in [6.07, 6.45) is 2.30. The molecule has 0 amide bonds. The smallest absolute Gasteiger partial charge is 0.123 e. The fourth-order valence-electron chi connectivity index (χ4n) is 2.57. The Hall–Kier alpha value is -1.06. The molecule has 1 aliphatic rings. The molecule has 0 radical (unpaired) electrons. The highest BCUT2D eigenvalue weighted by Gasteiger charge is 2.24. The molecule has 3 nitrogen and oxygen atoms in total. The minimum atomic E-state index is 0.0898. The Bertz CT molecular complexity index is 372. The molecule has 1 fully saturated rings. The highest BCUT2D eigenvalue weighted by molar-refractivity contribution is 5.39. The van der Waals surface area contributed by atoms with Crippen LogP contribution in [0, 0.1) is 12.8 Å². The van der Waals surface area contributed by atoms with E-state index in [-0.39, 0.29) is 6.04 Å². The zero-order chi connectivity index (χ0) is 12.3. The summed E-state index contributed by atoms with van der Waals surface area (Å²) in [6, 6.07) is 6.33. The molecule has 1 heterocycles. The van der Waals surface area contributed by atoms with Crippen molar-refractivity contribution < 1.29 is 4.74 Å². The van der Waals surface area contributed by atoms with Crippen molar-refractivity contribution in [3.8, 4) is 5.75 Å². The summed E-state index contributed by atoms with van der Waals surface area (Å²) in [4.78, 5) is 0. The molecule has 1 saturated heterocycles. The Morgan fingerprint density at radius 1 is 1.35 bits per heavy atom. The number of ether oxygens (including phenoxy) is 1. The maximum absolute atomic E-state index is 6.41. The lowest BCUT2D eigenvalue weighted by Gasteiger charge is -2.29. The Morgan fingerprint density at radius 3 is 2.71 bits per heavy atom. The van der Waals surface area contributed by atoms with Crippen molar-refractivity contribution in [1.29, 1.82) is 0 Å². The van der Waals surface area contributed by atoms with Gasteiger partial charge in [0.25, 0.3) is 0 Å². The fraction of sp³-hybridized carbons (Fsp3) is 0.571. The number of nitrogens with one attached hydrogen (secondary N) is 1. The molecule has 0 bridgehead atoms. The van der Waals surface area contributed by atoms with E-state index in [4.69, 9.17) is 10.5 Å². The van der Waals surface area contributed by atoms with E-state index in [0.29, 0.717) is 5.92 Å². The van der Waals surface area contributed by atoms with Crippen LogP contribution in [0.2, 0.25) is 0 Å². The summed E-state index contributed by atoms with van der Waals surface area (Å²) >= 11 is 0. The third-order valence-electron chi connectivity index (χ3n) is 3.64. The van der Waals surface area contributed by atoms with Gasteiger partial charge in [-0.3, -0.25) is 0 Å². The van der Waals surface area contributed by atoms with Crippen molar-refractivity contribution in [2.24, 2.45) is 11.7 Å². The lowest BCUT2D eigenvalue weighted by atomic mass is 9.86. The van der Waals surface area contributed by atoms with Crippen molar-refractivity contribution in [2.75, 3.05) is 20.2 Å². The van der Waals surface area contributed by atoms with Crippen LogP contribution in [0.5, 0.6) is 5.75 Å². The highest BCUT2D eigenvalue weighted by Crippen LogP contribution is 2.33. The molecule has 1 atom stereocenters. The van der Waals surface area contributed by atoms with Crippen LogP contribution in [0.4, 0.5) is 0 Å². The third kappa shape index (κ3) is 2.79. The molecular formula is C14H22N2O. The number of methoxy groups -OCH3 is 1. The maximum Gasteiger partial charge on any atom is 0.123 e. The number of benzene rings is 1. The summed E-state index contributed by atoms with van der Waals surface area (Å²) in [5, 5.41) is 3.37. The van der Waals surface area contributed by atoms with Crippen LogP contribution in [0.25, 0.3) is 0 Å². The van der Waals surface area contributed by atoms with Crippen LogP contribution in [0.15, 0.2) is 18.2 Å². The Balaban J connectivity index is 2.21. The first-order valence-electron chi connectivity index (χ1n) is 6.33. The predicted octanol–water partition coefficient (Wildman–Crippen LogP) is 2.00. The maximum atomic E-state index is 6.41. The molecule has 17 heavy (non-hydrogen) atoms. The van der Waals surface area contributed by atoms with Gasteiger partial charge in [0.2, 0.25) is 0 Å². The van der Waals surface area contributed by atoms with E-state index < -0.39 is 0 Å². The van der Waals surface area contributed by atoms with Crippen LogP contribution in [-0.4, -0.2) is 20.2 Å². The summed E-state index contributed by atoms with van der Waals surface area (Å²) in [7, 11) is 1.71. The summed E-state index contributed by atoms with van der Waals surface area (Å²) < 4.78 is 5.42. The van der Waals surface area contributed by atoms with Crippen molar-refractivity contribution in [3.63, 3.8) is 0 Å². The topological polar surface area (TPSA) is 47.3 Å². The van der Waals surface area contributed by atoms with Gasteiger partial charge in [0.15, 0.2) is 0 Å². The molecule has 0 spiro atoms. The number of hydrogen-bond acceptors (Lipinski definition) is 3. The number of aryl methyl sites for hydroxylation is 1. The summed E-state index contributed by atoms with van der Waals surface area (Å²) in [5.41, 5.74) is 8.80. The first-order chi connectivity index (χ1) is 8.22. The van der Waals surface area contributed by atoms with Crippen LogP contribution >= 0.6 is 0 Å². The minimum absolute atomic E-state index is 0.0898. The molecule has 0 aromatic heterocycles. The van der Waals surface area contributed by atoms with Gasteiger partial charge in [0.1, 0.15) is 5.75 Å². The molecule has 1 unspecified atom stereocenters. The molecule has 1 aliphatic heterocycles. The average Bonchev–Trinajstić information content (AvgIpc) is 2.39. The lowest BCUT2D eigenvalue weighted by Crippen LogP contribution is -2.34. The summed E-state index contributed by atoms with van der Waals surface area (Å²) in [6.45, 7) is 4.25. The quantitative estimate of drug-likeness (QED) is 0.841. The number of piperidine rings is 1. The van der Waals surface area contributed by atoms with E-state index in [1.54, 1.807) is 7.11 Å². The van der Waals surface area contributed by atoms with Gasteiger partial charge < -0.3 is 15.8 Å². The van der Waals surface area contributed by atoms with Crippen LogP contribution in [-0.2, 0) is 0 Å². The number of hydrogen-bond donors (Lipinski definition) is 2. The van der Waals surface area contributed by atoms with Crippen LogP contribution < -0.4 is 15.8 Å². The predicted molar refractivity (Wildman–Crippen MR) is 70.3 cm³/mol. The summed E-state index contributed by atoms with van der Waals surface area (Å²) in [5.74, 6) is 1.48. The average molecular weight is 234 g/mol. The van der Waals surface area contributed by atoms with E-state index >= 15 is 0 Å². The second-order valence-electron chi connectivity index (χ2n) is 4.86. The van der Waals surface area contributed by atoms with Crippen molar-refractivity contribution in [1.82, 2.24) is 5.32 Å². The van der Waals surface area contributed by atoms with E-state index in [1.807, 2.05) is 6.07 Å². The van der Waals surface area contributed by atoms with Crippen LogP contribution in [0.1, 0.15) is 30.0 Å². The van der Waals surface area contributed by atoms with Crippen LogP contribution in [0.3, 0.4) is 0 Å². The molecule has 3 N–H and O–H groups in total. The highest BCUT2D eigenvalue weighted by atomic mass is 16.5. The van der Waals surface area contributed by atoms with Gasteiger partial charge in [-0.1, -0.05) is 17.7 Å². The third-order valence-corrected chi connectivity index (χ3v) is 3.64. The van der Waals surface area contributed by atoms with E-state index in [9.17, 15) is 0 Å². The first kappa shape index (κ1) is 12.4. The molecule has 2 rings (SSSR count). The zero-order valence-corrected chi connectivity index (χ0v) is 10.7. The van der Waals surface area contributed by atoms with Gasteiger partial charge in [-0.2, -0.15) is 0 Å². The van der Waals surface area contributed by atoms with Gasteiger partial charge in [0, 0.05) is 11.6 Å². The van der Waals surface area contributed by atoms with E-state index in [0.717, 1.165) is 37.2 Å². The fourth-order valence-corrected chi connectivity index (χ4v) is 2.57. The zero-order valence-electron chi connectivity index (χ0n) is 10.7. The number of nitrogens with two attached hydrogens (primary N) is 1. The second kappa shape index (κ2) is 5.52. The first-order valence-corrected chi connectivity index (χ1v) is 6.33.